The highest BCUT2D eigenvalue weighted by Gasteiger charge is 2.21. The molecule has 0 aliphatic carbocycles. The van der Waals surface area contributed by atoms with E-state index < -0.39 is 5.97 Å². The lowest BCUT2D eigenvalue weighted by molar-refractivity contribution is -0.149. The molecule has 1 fully saturated rings. The summed E-state index contributed by atoms with van der Waals surface area (Å²) in [7, 11) is 0. The van der Waals surface area contributed by atoms with Crippen molar-refractivity contribution in [1.29, 1.82) is 0 Å². The van der Waals surface area contributed by atoms with Crippen LogP contribution in [0.3, 0.4) is 0 Å². The molecule has 1 atom stereocenters. The summed E-state index contributed by atoms with van der Waals surface area (Å²) in [6, 6.07) is 9.61. The Hall–Kier alpha value is -2.69. The Labute approximate surface area is 147 Å². The number of para-hydroxylation sites is 1. The van der Waals surface area contributed by atoms with E-state index in [9.17, 15) is 9.59 Å². The van der Waals surface area contributed by atoms with Gasteiger partial charge in [-0.2, -0.15) is 0 Å². The number of esters is 1. The minimum absolute atomic E-state index is 0.125. The zero-order chi connectivity index (χ0) is 17.6. The van der Waals surface area contributed by atoms with Crippen LogP contribution < -0.4 is 0 Å². The van der Waals surface area contributed by atoms with E-state index in [0.717, 1.165) is 42.4 Å². The summed E-state index contributed by atoms with van der Waals surface area (Å²) in [6.07, 6.45) is 6.89. The van der Waals surface area contributed by atoms with Crippen molar-refractivity contribution in [3.05, 3.63) is 48.2 Å². The first kappa shape index (κ1) is 17.1. The maximum atomic E-state index is 12.1. The van der Waals surface area contributed by atoms with Crippen molar-refractivity contribution in [3.8, 4) is 0 Å². The highest BCUT2D eigenvalue weighted by molar-refractivity contribution is 5.93. The van der Waals surface area contributed by atoms with Crippen molar-refractivity contribution in [3.63, 3.8) is 0 Å². The van der Waals surface area contributed by atoms with Gasteiger partial charge in [-0.05, 0) is 30.9 Å². The van der Waals surface area contributed by atoms with E-state index >= 15 is 0 Å². The zero-order valence-corrected chi connectivity index (χ0v) is 14.4. The Morgan fingerprint density at radius 1 is 1.32 bits per heavy atom. The molecule has 2 heterocycles. The molecular formula is C20H22N2O3. The number of fused-ring (bicyclic) bond motifs is 1. The number of pyridine rings is 1. The lowest BCUT2D eigenvalue weighted by Crippen LogP contribution is -2.41. The first-order valence-electron chi connectivity index (χ1n) is 8.60. The molecule has 25 heavy (non-hydrogen) atoms. The molecule has 1 aromatic heterocycles. The lowest BCUT2D eigenvalue weighted by Gasteiger charge is -2.30. The second-order valence-corrected chi connectivity index (χ2v) is 6.45. The maximum Gasteiger partial charge on any atom is 0.331 e. The normalized spacial score (nSPS) is 17.8. The fourth-order valence-corrected chi connectivity index (χ4v) is 3.11. The number of benzene rings is 1. The summed E-state index contributed by atoms with van der Waals surface area (Å²) < 4.78 is 5.09. The third kappa shape index (κ3) is 4.44. The van der Waals surface area contributed by atoms with Crippen LogP contribution in [0.4, 0.5) is 0 Å². The fourth-order valence-electron chi connectivity index (χ4n) is 3.11. The second-order valence-electron chi connectivity index (χ2n) is 6.45. The molecule has 0 spiro atoms. The number of ether oxygens (including phenoxy) is 1. The number of carbonyl (C=O) groups excluding carboxylic acids is 2. The molecule has 3 rings (SSSR count). The van der Waals surface area contributed by atoms with E-state index in [1.807, 2.05) is 30.3 Å². The molecule has 0 radical (unpaired) electrons. The van der Waals surface area contributed by atoms with E-state index in [-0.39, 0.29) is 12.5 Å². The van der Waals surface area contributed by atoms with Crippen molar-refractivity contribution < 1.29 is 14.3 Å². The van der Waals surface area contributed by atoms with Crippen LogP contribution in [0.5, 0.6) is 0 Å². The van der Waals surface area contributed by atoms with E-state index in [0.29, 0.717) is 5.92 Å². The van der Waals surface area contributed by atoms with E-state index in [4.69, 9.17) is 4.74 Å². The number of carbonyl (C=O) groups is 2. The summed E-state index contributed by atoms with van der Waals surface area (Å²) in [5.41, 5.74) is 1.67. The molecule has 0 saturated carbocycles. The van der Waals surface area contributed by atoms with Gasteiger partial charge in [0.1, 0.15) is 0 Å². The van der Waals surface area contributed by atoms with Crippen LogP contribution in [0.15, 0.2) is 42.6 Å². The number of nitrogens with zero attached hydrogens (tertiary/aromatic N) is 2. The van der Waals surface area contributed by atoms with Gasteiger partial charge >= 0.3 is 5.97 Å². The number of hydrogen-bond donors (Lipinski definition) is 0. The van der Waals surface area contributed by atoms with Crippen LogP contribution in [0, 0.1) is 5.92 Å². The predicted molar refractivity (Wildman–Crippen MR) is 96.7 cm³/mol. The first-order valence-corrected chi connectivity index (χ1v) is 8.60. The van der Waals surface area contributed by atoms with Gasteiger partial charge in [0.15, 0.2) is 6.61 Å². The molecule has 0 bridgehead atoms. The Morgan fingerprint density at radius 3 is 3.00 bits per heavy atom. The summed E-state index contributed by atoms with van der Waals surface area (Å²) in [4.78, 5) is 30.1. The lowest BCUT2D eigenvalue weighted by atomic mass is 10.0. The van der Waals surface area contributed by atoms with Crippen molar-refractivity contribution in [2.45, 2.75) is 19.8 Å². The molecule has 1 saturated heterocycles. The van der Waals surface area contributed by atoms with E-state index in [2.05, 4.69) is 11.9 Å². The number of piperidine rings is 1. The van der Waals surface area contributed by atoms with Gasteiger partial charge in [0.2, 0.25) is 0 Å². The molecule has 1 aliphatic heterocycles. The Morgan fingerprint density at radius 2 is 2.16 bits per heavy atom. The third-order valence-corrected chi connectivity index (χ3v) is 4.41. The van der Waals surface area contributed by atoms with Crippen molar-refractivity contribution >= 4 is 28.9 Å². The molecule has 5 heteroatoms. The first-order chi connectivity index (χ1) is 12.1. The van der Waals surface area contributed by atoms with Gasteiger partial charge in [-0.1, -0.05) is 31.2 Å². The van der Waals surface area contributed by atoms with Gasteiger partial charge in [-0.15, -0.1) is 0 Å². The Kier molecular flexibility index (Phi) is 5.43. The van der Waals surface area contributed by atoms with Gasteiger partial charge in [0.05, 0.1) is 5.52 Å². The smallest absolute Gasteiger partial charge is 0.331 e. The molecule has 5 nitrogen and oxygen atoms in total. The van der Waals surface area contributed by atoms with Crippen LogP contribution in [-0.4, -0.2) is 41.5 Å². The highest BCUT2D eigenvalue weighted by Crippen LogP contribution is 2.17. The molecular weight excluding hydrogens is 316 g/mol. The summed E-state index contributed by atoms with van der Waals surface area (Å²) in [5.74, 6) is -0.140. The quantitative estimate of drug-likeness (QED) is 0.635. The molecule has 0 N–H and O–H groups in total. The standard InChI is InChI=1S/C20H22N2O3/c1-15-5-4-12-22(13-15)18(23)14-25-19(24)10-9-17-7-2-6-16-8-3-11-21-20(16)17/h2-3,6-11,15H,4-5,12-14H2,1H3/b10-9+. The Bertz CT molecular complexity index is 795. The maximum absolute atomic E-state index is 12.1. The molecule has 1 aromatic carbocycles. The van der Waals surface area contributed by atoms with Crippen molar-refractivity contribution in [1.82, 2.24) is 9.88 Å². The summed E-state index contributed by atoms with van der Waals surface area (Å²) >= 11 is 0. The SMILES string of the molecule is CC1CCCN(C(=O)COC(=O)/C=C/c2cccc3cccnc23)C1. The zero-order valence-electron chi connectivity index (χ0n) is 14.4. The minimum atomic E-state index is -0.522. The molecule has 130 valence electrons. The van der Waals surface area contributed by atoms with Gasteiger partial charge in [-0.25, -0.2) is 4.79 Å². The minimum Gasteiger partial charge on any atom is -0.452 e. The number of amides is 1. The van der Waals surface area contributed by atoms with Crippen LogP contribution in [-0.2, 0) is 14.3 Å². The number of rotatable bonds is 4. The average molecular weight is 338 g/mol. The molecule has 1 unspecified atom stereocenters. The fraction of sp³-hybridized carbons (Fsp3) is 0.350. The molecule has 1 aliphatic rings. The van der Waals surface area contributed by atoms with Crippen molar-refractivity contribution in [2.75, 3.05) is 19.7 Å². The van der Waals surface area contributed by atoms with Gasteiger partial charge in [0, 0.05) is 36.3 Å². The van der Waals surface area contributed by atoms with Crippen LogP contribution in [0.25, 0.3) is 17.0 Å². The van der Waals surface area contributed by atoms with Crippen LogP contribution >= 0.6 is 0 Å². The monoisotopic (exact) mass is 338 g/mol. The van der Waals surface area contributed by atoms with E-state index in [1.165, 1.54) is 6.08 Å². The summed E-state index contributed by atoms with van der Waals surface area (Å²) in [6.45, 7) is 3.42. The second kappa shape index (κ2) is 7.92. The van der Waals surface area contributed by atoms with Gasteiger partial charge in [-0.3, -0.25) is 9.78 Å². The number of hydrogen-bond acceptors (Lipinski definition) is 4. The van der Waals surface area contributed by atoms with E-state index in [1.54, 1.807) is 17.2 Å². The third-order valence-electron chi connectivity index (χ3n) is 4.41. The largest absolute Gasteiger partial charge is 0.452 e. The topological polar surface area (TPSA) is 59.5 Å². The van der Waals surface area contributed by atoms with Gasteiger partial charge < -0.3 is 9.64 Å². The average Bonchev–Trinajstić information content (AvgIpc) is 2.64. The molecule has 1 amide bonds. The van der Waals surface area contributed by atoms with Gasteiger partial charge in [0.25, 0.3) is 5.91 Å². The van der Waals surface area contributed by atoms with Crippen LogP contribution in [0.2, 0.25) is 0 Å². The molecule has 2 aromatic rings. The number of likely N-dealkylation sites (tertiary alicyclic amines) is 1. The predicted octanol–water partition coefficient (Wildman–Crippen LogP) is 3.05. The van der Waals surface area contributed by atoms with Crippen LogP contribution in [0.1, 0.15) is 25.3 Å². The highest BCUT2D eigenvalue weighted by atomic mass is 16.5. The summed E-state index contributed by atoms with van der Waals surface area (Å²) in [5, 5.41) is 1.01. The Balaban J connectivity index is 1.57. The van der Waals surface area contributed by atoms with Crippen molar-refractivity contribution in [2.24, 2.45) is 5.92 Å². The number of aromatic nitrogens is 1.